The first-order valence-electron chi connectivity index (χ1n) is 9.12. The van der Waals surface area contributed by atoms with Crippen LogP contribution in [0.3, 0.4) is 0 Å². The van der Waals surface area contributed by atoms with Crippen LogP contribution in [-0.4, -0.2) is 59.6 Å². The average molecular weight is 427 g/mol. The highest BCUT2D eigenvalue weighted by Gasteiger charge is 2.33. The Morgan fingerprint density at radius 3 is 2.86 bits per heavy atom. The molecule has 0 radical (unpaired) electrons. The van der Waals surface area contributed by atoms with Crippen LogP contribution < -0.4 is 0 Å². The first kappa shape index (κ1) is 20.8. The average Bonchev–Trinajstić information content (AvgIpc) is 3.16. The number of sulfonamides is 1. The second-order valence-electron chi connectivity index (χ2n) is 6.78. The van der Waals surface area contributed by atoms with E-state index >= 15 is 0 Å². The minimum Gasteiger partial charge on any atom is -0.337 e. The molecule has 1 fully saturated rings. The van der Waals surface area contributed by atoms with E-state index in [0.29, 0.717) is 41.7 Å². The fourth-order valence-electron chi connectivity index (χ4n) is 3.24. The number of piperidine rings is 1. The summed E-state index contributed by atoms with van der Waals surface area (Å²) in [7, 11) is -1.65. The van der Waals surface area contributed by atoms with Gasteiger partial charge >= 0.3 is 0 Å². The van der Waals surface area contributed by atoms with Gasteiger partial charge in [0.25, 0.3) is 0 Å². The fourth-order valence-corrected chi connectivity index (χ4v) is 4.64. The molecule has 0 bridgehead atoms. The zero-order valence-corrected chi connectivity index (χ0v) is 17.4. The van der Waals surface area contributed by atoms with Crippen molar-refractivity contribution in [3.63, 3.8) is 0 Å². The number of amides is 1. The molecule has 3 rings (SSSR count). The summed E-state index contributed by atoms with van der Waals surface area (Å²) < 4.78 is 30.9. The molecule has 1 aliphatic heterocycles. The predicted octanol–water partition coefficient (Wildman–Crippen LogP) is 2.41. The van der Waals surface area contributed by atoms with Crippen molar-refractivity contribution < 1.29 is 17.7 Å². The van der Waals surface area contributed by atoms with Gasteiger partial charge in [0, 0.05) is 25.7 Å². The van der Waals surface area contributed by atoms with Crippen molar-refractivity contribution in [3.05, 3.63) is 35.2 Å². The molecular weight excluding hydrogens is 404 g/mol. The second-order valence-corrected chi connectivity index (χ2v) is 9.45. The Kier molecular flexibility index (Phi) is 6.36. The molecule has 0 aliphatic carbocycles. The lowest BCUT2D eigenvalue weighted by Crippen LogP contribution is -2.46. The van der Waals surface area contributed by atoms with Gasteiger partial charge in [-0.1, -0.05) is 28.9 Å². The summed E-state index contributed by atoms with van der Waals surface area (Å²) >= 11 is 6.15. The highest BCUT2D eigenvalue weighted by Crippen LogP contribution is 2.25. The van der Waals surface area contributed by atoms with Gasteiger partial charge in [-0.3, -0.25) is 4.79 Å². The van der Waals surface area contributed by atoms with Crippen molar-refractivity contribution in [3.8, 4) is 11.4 Å². The van der Waals surface area contributed by atoms with Crippen molar-refractivity contribution in [2.75, 3.05) is 25.9 Å². The summed E-state index contributed by atoms with van der Waals surface area (Å²) in [5.41, 5.74) is 0.654. The molecule has 0 N–H and O–H groups in total. The van der Waals surface area contributed by atoms with Gasteiger partial charge in [0.15, 0.2) is 0 Å². The minimum absolute atomic E-state index is 0.0383. The van der Waals surface area contributed by atoms with Gasteiger partial charge in [-0.2, -0.15) is 4.98 Å². The molecule has 1 aromatic carbocycles. The van der Waals surface area contributed by atoms with E-state index in [1.165, 1.54) is 9.21 Å². The Labute approximate surface area is 169 Å². The summed E-state index contributed by atoms with van der Waals surface area (Å²) in [5, 5.41) is 4.44. The Bertz CT molecular complexity index is 947. The molecule has 1 amide bonds. The lowest BCUT2D eigenvalue weighted by molar-refractivity contribution is -0.136. The molecular formula is C18H23ClN4O4S. The third-order valence-corrected chi connectivity index (χ3v) is 7.00. The van der Waals surface area contributed by atoms with Crippen LogP contribution in [0.15, 0.2) is 28.8 Å². The topological polar surface area (TPSA) is 96.6 Å². The third kappa shape index (κ3) is 4.53. The molecule has 10 heteroatoms. The maximum atomic E-state index is 12.8. The fraction of sp³-hybridized carbons (Fsp3) is 0.500. The van der Waals surface area contributed by atoms with Crippen LogP contribution in [0.1, 0.15) is 25.7 Å². The van der Waals surface area contributed by atoms with Gasteiger partial charge < -0.3 is 9.42 Å². The molecule has 1 aliphatic rings. The van der Waals surface area contributed by atoms with Crippen LogP contribution in [0, 0.1) is 5.92 Å². The zero-order chi connectivity index (χ0) is 20.3. The van der Waals surface area contributed by atoms with E-state index in [1.54, 1.807) is 26.1 Å². The SMILES string of the molecule is CCS(=O)(=O)N1CCCC(C(=O)N(C)Cc2nc(-c3ccccc3Cl)no2)C1. The van der Waals surface area contributed by atoms with Gasteiger partial charge in [0.2, 0.25) is 27.6 Å². The molecule has 1 atom stereocenters. The quantitative estimate of drug-likeness (QED) is 0.703. The maximum Gasteiger partial charge on any atom is 0.246 e. The Balaban J connectivity index is 1.66. The number of hydrogen-bond donors (Lipinski definition) is 0. The molecule has 2 aromatic rings. The lowest BCUT2D eigenvalue weighted by Gasteiger charge is -2.32. The largest absolute Gasteiger partial charge is 0.337 e. The zero-order valence-electron chi connectivity index (χ0n) is 15.8. The van der Waals surface area contributed by atoms with Crippen molar-refractivity contribution in [1.29, 1.82) is 0 Å². The van der Waals surface area contributed by atoms with Crippen LogP contribution in [0.5, 0.6) is 0 Å². The van der Waals surface area contributed by atoms with E-state index in [-0.39, 0.29) is 30.7 Å². The third-order valence-electron chi connectivity index (χ3n) is 4.82. The van der Waals surface area contributed by atoms with Crippen molar-refractivity contribution in [1.82, 2.24) is 19.3 Å². The standard InChI is InChI=1S/C18H23ClN4O4S/c1-3-28(25,26)23-10-6-7-13(11-23)18(24)22(2)12-16-20-17(21-27-16)14-8-4-5-9-15(14)19/h4-5,8-9,13H,3,6-7,10-12H2,1-2H3. The van der Waals surface area contributed by atoms with Gasteiger partial charge in [-0.15, -0.1) is 0 Å². The number of halogens is 1. The first-order valence-corrected chi connectivity index (χ1v) is 11.1. The minimum atomic E-state index is -3.29. The van der Waals surface area contributed by atoms with E-state index in [0.717, 1.165) is 0 Å². The summed E-state index contributed by atoms with van der Waals surface area (Å²) in [4.78, 5) is 18.6. The maximum absolute atomic E-state index is 12.8. The van der Waals surface area contributed by atoms with Crippen molar-refractivity contribution >= 4 is 27.5 Å². The Hall–Kier alpha value is -1.97. The van der Waals surface area contributed by atoms with E-state index in [1.807, 2.05) is 12.1 Å². The molecule has 152 valence electrons. The van der Waals surface area contributed by atoms with Crippen LogP contribution >= 0.6 is 11.6 Å². The van der Waals surface area contributed by atoms with Crippen molar-refractivity contribution in [2.45, 2.75) is 26.3 Å². The number of hydrogen-bond acceptors (Lipinski definition) is 6. The van der Waals surface area contributed by atoms with E-state index < -0.39 is 10.0 Å². The van der Waals surface area contributed by atoms with Gasteiger partial charge in [0.05, 0.1) is 23.2 Å². The van der Waals surface area contributed by atoms with Gasteiger partial charge in [-0.25, -0.2) is 12.7 Å². The number of carbonyl (C=O) groups is 1. The van der Waals surface area contributed by atoms with Gasteiger partial charge in [0.1, 0.15) is 0 Å². The van der Waals surface area contributed by atoms with E-state index in [9.17, 15) is 13.2 Å². The van der Waals surface area contributed by atoms with E-state index in [2.05, 4.69) is 10.1 Å². The lowest BCUT2D eigenvalue weighted by atomic mass is 9.98. The molecule has 0 spiro atoms. The van der Waals surface area contributed by atoms with Gasteiger partial charge in [-0.05, 0) is 31.9 Å². The van der Waals surface area contributed by atoms with Crippen LogP contribution in [-0.2, 0) is 21.4 Å². The molecule has 1 saturated heterocycles. The number of carbonyl (C=O) groups excluding carboxylic acids is 1. The monoisotopic (exact) mass is 426 g/mol. The van der Waals surface area contributed by atoms with Crippen LogP contribution in [0.2, 0.25) is 5.02 Å². The van der Waals surface area contributed by atoms with Crippen LogP contribution in [0.4, 0.5) is 0 Å². The molecule has 1 aromatic heterocycles. The molecule has 28 heavy (non-hydrogen) atoms. The summed E-state index contributed by atoms with van der Waals surface area (Å²) in [5.74, 6) is 0.190. The predicted molar refractivity (Wildman–Crippen MR) is 105 cm³/mol. The number of rotatable bonds is 6. The summed E-state index contributed by atoms with van der Waals surface area (Å²) in [6, 6.07) is 7.16. The number of aromatic nitrogens is 2. The first-order chi connectivity index (χ1) is 13.3. The highest BCUT2D eigenvalue weighted by molar-refractivity contribution is 7.89. The Morgan fingerprint density at radius 2 is 2.14 bits per heavy atom. The van der Waals surface area contributed by atoms with Crippen molar-refractivity contribution in [2.24, 2.45) is 5.92 Å². The number of nitrogens with zero attached hydrogens (tertiary/aromatic N) is 4. The summed E-state index contributed by atoms with van der Waals surface area (Å²) in [6.45, 7) is 2.44. The van der Waals surface area contributed by atoms with E-state index in [4.69, 9.17) is 16.1 Å². The summed E-state index contributed by atoms with van der Waals surface area (Å²) in [6.07, 6.45) is 1.33. The molecule has 0 saturated carbocycles. The highest BCUT2D eigenvalue weighted by atomic mass is 35.5. The Morgan fingerprint density at radius 1 is 1.39 bits per heavy atom. The smallest absolute Gasteiger partial charge is 0.246 e. The van der Waals surface area contributed by atoms with Crippen LogP contribution in [0.25, 0.3) is 11.4 Å². The molecule has 2 heterocycles. The normalized spacial score (nSPS) is 18.2. The number of benzene rings is 1. The molecule has 1 unspecified atom stereocenters. The molecule has 8 nitrogen and oxygen atoms in total. The second kappa shape index (κ2) is 8.59.